The largest absolute Gasteiger partial charge is 0.359 e. The molecule has 0 aliphatic heterocycles. The lowest BCUT2D eigenvalue weighted by molar-refractivity contribution is -0.120. The summed E-state index contributed by atoms with van der Waals surface area (Å²) in [6.07, 6.45) is 0.680. The number of benzene rings is 2. The van der Waals surface area contributed by atoms with E-state index in [9.17, 15) is 18.4 Å². The van der Waals surface area contributed by atoms with Crippen LogP contribution in [-0.4, -0.2) is 18.9 Å². The van der Waals surface area contributed by atoms with Crippen molar-refractivity contribution in [3.05, 3.63) is 65.2 Å². The number of hydrogen-bond acceptors (Lipinski definition) is 2. The van der Waals surface area contributed by atoms with Crippen molar-refractivity contribution in [2.75, 3.05) is 12.4 Å². The van der Waals surface area contributed by atoms with Crippen molar-refractivity contribution in [2.45, 2.75) is 18.8 Å². The zero-order chi connectivity index (χ0) is 18.0. The molecule has 0 heterocycles. The number of carbonyl (C=O) groups is 2. The minimum Gasteiger partial charge on any atom is -0.359 e. The minimum absolute atomic E-state index is 0.153. The molecule has 2 atom stereocenters. The fourth-order valence-corrected chi connectivity index (χ4v) is 2.91. The number of amides is 2. The van der Waals surface area contributed by atoms with Crippen LogP contribution in [0, 0.1) is 17.6 Å². The van der Waals surface area contributed by atoms with Crippen molar-refractivity contribution < 1.29 is 18.4 Å². The fourth-order valence-electron chi connectivity index (χ4n) is 2.91. The minimum atomic E-state index is -0.633. The van der Waals surface area contributed by atoms with Gasteiger partial charge in [-0.3, -0.25) is 9.59 Å². The third kappa shape index (κ3) is 3.84. The molecular formula is C19H18F2N2O2. The Kier molecular flexibility index (Phi) is 4.79. The van der Waals surface area contributed by atoms with Crippen LogP contribution in [0.2, 0.25) is 0 Å². The Balaban J connectivity index is 1.69. The molecule has 2 amide bonds. The maximum absolute atomic E-state index is 13.8. The molecule has 6 heteroatoms. The van der Waals surface area contributed by atoms with Crippen LogP contribution in [0.25, 0.3) is 0 Å². The van der Waals surface area contributed by atoms with Crippen LogP contribution in [0.1, 0.15) is 23.5 Å². The van der Waals surface area contributed by atoms with E-state index in [1.807, 2.05) is 0 Å². The number of para-hydroxylation sites is 1. The molecule has 1 saturated carbocycles. The average molecular weight is 344 g/mol. The van der Waals surface area contributed by atoms with Crippen molar-refractivity contribution in [3.63, 3.8) is 0 Å². The summed E-state index contributed by atoms with van der Waals surface area (Å²) < 4.78 is 26.8. The predicted molar refractivity (Wildman–Crippen MR) is 90.0 cm³/mol. The molecule has 0 bridgehead atoms. The number of halogens is 2. The van der Waals surface area contributed by atoms with Crippen molar-refractivity contribution in [1.29, 1.82) is 0 Å². The maximum atomic E-state index is 13.8. The summed E-state index contributed by atoms with van der Waals surface area (Å²) in [4.78, 5) is 24.0. The average Bonchev–Trinajstić information content (AvgIpc) is 3.37. The van der Waals surface area contributed by atoms with E-state index in [2.05, 4.69) is 10.6 Å². The predicted octanol–water partition coefficient (Wildman–Crippen LogP) is 3.00. The van der Waals surface area contributed by atoms with Gasteiger partial charge in [0, 0.05) is 24.7 Å². The molecule has 25 heavy (non-hydrogen) atoms. The van der Waals surface area contributed by atoms with Gasteiger partial charge < -0.3 is 10.6 Å². The van der Waals surface area contributed by atoms with Gasteiger partial charge in [0.25, 0.3) is 0 Å². The van der Waals surface area contributed by atoms with Gasteiger partial charge in [0.05, 0.1) is 6.42 Å². The summed E-state index contributed by atoms with van der Waals surface area (Å²) in [7, 11) is 1.55. The van der Waals surface area contributed by atoms with Gasteiger partial charge in [-0.1, -0.05) is 24.3 Å². The lowest BCUT2D eigenvalue weighted by Crippen LogP contribution is -2.22. The SMILES string of the molecule is CNC(=O)Cc1ccccc1NC(=O)[C@H]1C[C@@H]1c1ccc(F)cc1F. The van der Waals surface area contributed by atoms with Crippen LogP contribution in [0.5, 0.6) is 0 Å². The highest BCUT2D eigenvalue weighted by molar-refractivity contribution is 5.96. The van der Waals surface area contributed by atoms with Gasteiger partial charge in [0.15, 0.2) is 0 Å². The van der Waals surface area contributed by atoms with Crippen molar-refractivity contribution in [2.24, 2.45) is 5.92 Å². The number of anilines is 1. The smallest absolute Gasteiger partial charge is 0.228 e. The Bertz CT molecular complexity index is 823. The summed E-state index contributed by atoms with van der Waals surface area (Å²) in [6.45, 7) is 0. The monoisotopic (exact) mass is 344 g/mol. The summed E-state index contributed by atoms with van der Waals surface area (Å²) in [5.74, 6) is -2.23. The summed E-state index contributed by atoms with van der Waals surface area (Å²) in [6, 6.07) is 10.5. The molecule has 1 fully saturated rings. The van der Waals surface area contributed by atoms with Crippen LogP contribution < -0.4 is 10.6 Å². The van der Waals surface area contributed by atoms with Crippen molar-refractivity contribution in [1.82, 2.24) is 5.32 Å². The molecule has 0 aromatic heterocycles. The third-order valence-corrected chi connectivity index (χ3v) is 4.39. The first-order chi connectivity index (χ1) is 12.0. The Hall–Kier alpha value is -2.76. The highest BCUT2D eigenvalue weighted by Crippen LogP contribution is 2.48. The van der Waals surface area contributed by atoms with E-state index in [-0.39, 0.29) is 30.1 Å². The van der Waals surface area contributed by atoms with Gasteiger partial charge in [-0.05, 0) is 35.6 Å². The molecule has 3 rings (SSSR count). The lowest BCUT2D eigenvalue weighted by Gasteiger charge is -2.11. The van der Waals surface area contributed by atoms with Crippen molar-refractivity contribution in [3.8, 4) is 0 Å². The molecule has 4 nitrogen and oxygen atoms in total. The summed E-state index contributed by atoms with van der Waals surface area (Å²) in [5, 5.41) is 5.36. The third-order valence-electron chi connectivity index (χ3n) is 4.39. The molecule has 0 spiro atoms. The first-order valence-corrected chi connectivity index (χ1v) is 8.04. The summed E-state index contributed by atoms with van der Waals surface area (Å²) in [5.41, 5.74) is 1.64. The van der Waals surface area contributed by atoms with E-state index in [1.54, 1.807) is 31.3 Å². The zero-order valence-electron chi connectivity index (χ0n) is 13.7. The van der Waals surface area contributed by atoms with Gasteiger partial charge in [-0.2, -0.15) is 0 Å². The normalized spacial score (nSPS) is 18.5. The van der Waals surface area contributed by atoms with Crippen LogP contribution in [0.4, 0.5) is 14.5 Å². The molecule has 130 valence electrons. The van der Waals surface area contributed by atoms with Crippen molar-refractivity contribution >= 4 is 17.5 Å². The standard InChI is InChI=1S/C19H18F2N2O2/c1-22-18(24)8-11-4-2-3-5-17(11)23-19(25)15-10-14(15)13-7-6-12(20)9-16(13)21/h2-7,9,14-15H,8,10H2,1H3,(H,22,24)(H,23,25)/t14-,15+/m1/s1. The topological polar surface area (TPSA) is 58.2 Å². The number of nitrogens with one attached hydrogen (secondary N) is 2. The Morgan fingerprint density at radius 1 is 1.16 bits per heavy atom. The Labute approximate surface area is 144 Å². The molecule has 0 unspecified atom stereocenters. The molecule has 2 aromatic carbocycles. The van der Waals surface area contributed by atoms with E-state index in [4.69, 9.17) is 0 Å². The maximum Gasteiger partial charge on any atom is 0.228 e. The first-order valence-electron chi connectivity index (χ1n) is 8.04. The first kappa shape index (κ1) is 17.1. The molecular weight excluding hydrogens is 326 g/mol. The van der Waals surface area contributed by atoms with Gasteiger partial charge >= 0.3 is 0 Å². The van der Waals surface area contributed by atoms with E-state index < -0.39 is 11.6 Å². The van der Waals surface area contributed by atoms with Gasteiger partial charge in [-0.15, -0.1) is 0 Å². The van der Waals surface area contributed by atoms with E-state index in [0.717, 1.165) is 6.07 Å². The van der Waals surface area contributed by atoms with E-state index >= 15 is 0 Å². The fraction of sp³-hybridized carbons (Fsp3) is 0.263. The zero-order valence-corrected chi connectivity index (χ0v) is 13.7. The second-order valence-electron chi connectivity index (χ2n) is 6.11. The Morgan fingerprint density at radius 2 is 1.92 bits per heavy atom. The van der Waals surface area contributed by atoms with E-state index in [0.29, 0.717) is 23.2 Å². The molecule has 2 aromatic rings. The second-order valence-corrected chi connectivity index (χ2v) is 6.11. The second kappa shape index (κ2) is 7.01. The van der Waals surface area contributed by atoms with Gasteiger partial charge in [-0.25, -0.2) is 8.78 Å². The molecule has 0 radical (unpaired) electrons. The molecule has 1 aliphatic rings. The number of rotatable bonds is 5. The molecule has 1 aliphatic carbocycles. The lowest BCUT2D eigenvalue weighted by atomic mass is 10.1. The van der Waals surface area contributed by atoms with Crippen LogP contribution in [0.3, 0.4) is 0 Å². The number of likely N-dealkylation sites (N-methyl/N-ethyl adjacent to an activating group) is 1. The highest BCUT2D eigenvalue weighted by atomic mass is 19.1. The Morgan fingerprint density at radius 3 is 2.64 bits per heavy atom. The highest BCUT2D eigenvalue weighted by Gasteiger charge is 2.45. The van der Waals surface area contributed by atoms with Gasteiger partial charge in [0.2, 0.25) is 11.8 Å². The number of hydrogen-bond donors (Lipinski definition) is 2. The van der Waals surface area contributed by atoms with Gasteiger partial charge in [0.1, 0.15) is 11.6 Å². The quantitative estimate of drug-likeness (QED) is 0.876. The van der Waals surface area contributed by atoms with Crippen LogP contribution >= 0.6 is 0 Å². The number of carbonyl (C=O) groups excluding carboxylic acids is 2. The molecule has 0 saturated heterocycles. The molecule has 2 N–H and O–H groups in total. The summed E-state index contributed by atoms with van der Waals surface area (Å²) >= 11 is 0. The van der Waals surface area contributed by atoms with E-state index in [1.165, 1.54) is 12.1 Å². The van der Waals surface area contributed by atoms with Crippen LogP contribution in [0.15, 0.2) is 42.5 Å². The van der Waals surface area contributed by atoms with Crippen LogP contribution in [-0.2, 0) is 16.0 Å².